The van der Waals surface area contributed by atoms with Gasteiger partial charge in [-0.25, -0.2) is 9.97 Å². The molecule has 0 aliphatic rings. The molecular weight excluding hydrogens is 388 g/mol. The summed E-state index contributed by atoms with van der Waals surface area (Å²) in [6.45, 7) is 0.516. The molecule has 6 nitrogen and oxygen atoms in total. The monoisotopic (exact) mass is 410 g/mol. The molecule has 2 aromatic carbocycles. The largest absolute Gasteiger partial charge is 0.441 e. The highest BCUT2D eigenvalue weighted by Crippen LogP contribution is 2.19. The molecule has 0 aliphatic heterocycles. The molecule has 3 heterocycles. The lowest BCUT2D eigenvalue weighted by atomic mass is 10.1. The van der Waals surface area contributed by atoms with Gasteiger partial charge in [0.2, 0.25) is 0 Å². The van der Waals surface area contributed by atoms with Crippen molar-refractivity contribution in [1.82, 2.24) is 19.7 Å². The number of carbonyl (C=O) groups excluding carboxylic acids is 1. The molecule has 0 saturated carbocycles. The molecule has 5 aromatic rings. The molecule has 1 amide bonds. The number of fused-ring (bicyclic) bond motifs is 2. The van der Waals surface area contributed by atoms with E-state index in [2.05, 4.69) is 27.4 Å². The van der Waals surface area contributed by atoms with Gasteiger partial charge in [-0.05, 0) is 42.3 Å². The summed E-state index contributed by atoms with van der Waals surface area (Å²) in [5, 5.41) is 2.96. The highest BCUT2D eigenvalue weighted by molar-refractivity contribution is 5.97. The SMILES string of the molecule is O=C(NCCc1cn2ccccc2n1)c1ccc2oc(CCc3ccccc3)nc2c1. The maximum atomic E-state index is 12.6. The number of nitrogens with one attached hydrogen (secondary N) is 1. The first kappa shape index (κ1) is 19.1. The molecule has 5 rings (SSSR count). The Bertz CT molecular complexity index is 1300. The first-order chi connectivity index (χ1) is 15.2. The fourth-order valence-electron chi connectivity index (χ4n) is 3.63. The number of rotatable bonds is 7. The van der Waals surface area contributed by atoms with Crippen molar-refractivity contribution in [2.24, 2.45) is 0 Å². The number of aryl methyl sites for hydroxylation is 2. The van der Waals surface area contributed by atoms with Crippen LogP contribution in [0.25, 0.3) is 16.7 Å². The van der Waals surface area contributed by atoms with Gasteiger partial charge in [0, 0.05) is 37.3 Å². The molecule has 6 heteroatoms. The lowest BCUT2D eigenvalue weighted by molar-refractivity contribution is 0.0954. The maximum Gasteiger partial charge on any atom is 0.251 e. The van der Waals surface area contributed by atoms with Crippen LogP contribution in [0.15, 0.2) is 83.5 Å². The lowest BCUT2D eigenvalue weighted by Crippen LogP contribution is -2.25. The van der Waals surface area contributed by atoms with Crippen molar-refractivity contribution >= 4 is 22.7 Å². The van der Waals surface area contributed by atoms with Crippen LogP contribution in [-0.2, 0) is 19.3 Å². The second-order valence-corrected chi connectivity index (χ2v) is 7.48. The number of hydrogen-bond donors (Lipinski definition) is 1. The number of pyridine rings is 1. The summed E-state index contributed by atoms with van der Waals surface area (Å²) in [5.41, 5.74) is 5.08. The molecular formula is C25H22N4O2. The summed E-state index contributed by atoms with van der Waals surface area (Å²) in [6.07, 6.45) is 6.21. The summed E-state index contributed by atoms with van der Waals surface area (Å²) in [5.74, 6) is 0.558. The van der Waals surface area contributed by atoms with E-state index in [1.807, 2.05) is 59.3 Å². The Morgan fingerprint density at radius 3 is 2.68 bits per heavy atom. The zero-order chi connectivity index (χ0) is 21.0. The molecule has 1 N–H and O–H groups in total. The van der Waals surface area contributed by atoms with Crippen molar-refractivity contribution < 1.29 is 9.21 Å². The lowest BCUT2D eigenvalue weighted by Gasteiger charge is -2.03. The summed E-state index contributed by atoms with van der Waals surface area (Å²) in [6, 6.07) is 21.5. The van der Waals surface area contributed by atoms with Crippen LogP contribution >= 0.6 is 0 Å². The Hall–Kier alpha value is -3.93. The number of hydrogen-bond acceptors (Lipinski definition) is 4. The van der Waals surface area contributed by atoms with Crippen molar-refractivity contribution in [1.29, 1.82) is 0 Å². The van der Waals surface area contributed by atoms with E-state index >= 15 is 0 Å². The van der Waals surface area contributed by atoms with E-state index in [9.17, 15) is 4.79 Å². The zero-order valence-electron chi connectivity index (χ0n) is 17.0. The molecule has 0 spiro atoms. The minimum absolute atomic E-state index is 0.125. The topological polar surface area (TPSA) is 72.4 Å². The predicted molar refractivity (Wildman–Crippen MR) is 119 cm³/mol. The van der Waals surface area contributed by atoms with E-state index in [1.54, 1.807) is 12.1 Å². The van der Waals surface area contributed by atoms with Gasteiger partial charge in [-0.2, -0.15) is 0 Å². The standard InChI is InChI=1S/C25H22N4O2/c30-25(26-14-13-20-17-29-15-5-4-8-23(29)27-20)19-10-11-22-21(16-19)28-24(31-22)12-9-18-6-2-1-3-7-18/h1-8,10-11,15-17H,9,12-14H2,(H,26,30). The summed E-state index contributed by atoms with van der Waals surface area (Å²) >= 11 is 0. The molecule has 0 bridgehead atoms. The molecule has 0 aliphatic carbocycles. The van der Waals surface area contributed by atoms with Crippen LogP contribution in [0, 0.1) is 0 Å². The van der Waals surface area contributed by atoms with E-state index in [-0.39, 0.29) is 5.91 Å². The Morgan fingerprint density at radius 2 is 1.81 bits per heavy atom. The van der Waals surface area contributed by atoms with E-state index in [0.29, 0.717) is 35.5 Å². The van der Waals surface area contributed by atoms with Crippen LogP contribution in [0.3, 0.4) is 0 Å². The zero-order valence-corrected chi connectivity index (χ0v) is 17.0. The minimum Gasteiger partial charge on any atom is -0.441 e. The normalized spacial score (nSPS) is 11.2. The highest BCUT2D eigenvalue weighted by Gasteiger charge is 2.11. The highest BCUT2D eigenvalue weighted by atomic mass is 16.3. The van der Waals surface area contributed by atoms with E-state index < -0.39 is 0 Å². The van der Waals surface area contributed by atoms with Gasteiger partial charge in [0.25, 0.3) is 5.91 Å². The Kier molecular flexibility index (Phi) is 5.19. The minimum atomic E-state index is -0.125. The number of benzene rings is 2. The fraction of sp³-hybridized carbons (Fsp3) is 0.160. The van der Waals surface area contributed by atoms with Gasteiger partial charge in [0.05, 0.1) is 5.69 Å². The number of oxazole rings is 1. The van der Waals surface area contributed by atoms with E-state index in [0.717, 1.165) is 24.2 Å². The number of imidazole rings is 1. The number of amides is 1. The molecule has 0 unspecified atom stereocenters. The molecule has 3 aromatic heterocycles. The average Bonchev–Trinajstić information content (AvgIpc) is 3.41. The third-order valence-electron chi connectivity index (χ3n) is 5.24. The summed E-state index contributed by atoms with van der Waals surface area (Å²) in [4.78, 5) is 21.7. The predicted octanol–water partition coefficient (Wildman–Crippen LogP) is 4.23. The number of aromatic nitrogens is 3. The van der Waals surface area contributed by atoms with Gasteiger partial charge in [-0.3, -0.25) is 4.79 Å². The van der Waals surface area contributed by atoms with Crippen LogP contribution in [0.4, 0.5) is 0 Å². The third-order valence-corrected chi connectivity index (χ3v) is 5.24. The van der Waals surface area contributed by atoms with Crippen LogP contribution in [0.5, 0.6) is 0 Å². The first-order valence-electron chi connectivity index (χ1n) is 10.4. The number of nitrogens with zero attached hydrogens (tertiary/aromatic N) is 3. The molecule has 154 valence electrons. The first-order valence-corrected chi connectivity index (χ1v) is 10.4. The van der Waals surface area contributed by atoms with Crippen molar-refractivity contribution in [2.45, 2.75) is 19.3 Å². The number of carbonyl (C=O) groups is 1. The molecule has 0 atom stereocenters. The Morgan fingerprint density at radius 1 is 0.935 bits per heavy atom. The fourth-order valence-corrected chi connectivity index (χ4v) is 3.63. The maximum absolute atomic E-state index is 12.6. The van der Waals surface area contributed by atoms with Crippen LogP contribution in [0.2, 0.25) is 0 Å². The summed E-state index contributed by atoms with van der Waals surface area (Å²) in [7, 11) is 0. The van der Waals surface area contributed by atoms with Gasteiger partial charge in [0.15, 0.2) is 11.5 Å². The molecule has 31 heavy (non-hydrogen) atoms. The van der Waals surface area contributed by atoms with Gasteiger partial charge in [-0.15, -0.1) is 0 Å². The van der Waals surface area contributed by atoms with Crippen molar-refractivity contribution in [3.05, 3.63) is 102 Å². The van der Waals surface area contributed by atoms with Crippen LogP contribution in [-0.4, -0.2) is 26.8 Å². The second kappa shape index (κ2) is 8.44. The molecule has 0 fully saturated rings. The Labute approximate surface area is 179 Å². The van der Waals surface area contributed by atoms with Crippen molar-refractivity contribution in [3.8, 4) is 0 Å². The molecule has 0 saturated heterocycles. The van der Waals surface area contributed by atoms with E-state index in [4.69, 9.17) is 4.42 Å². The van der Waals surface area contributed by atoms with Gasteiger partial charge in [-0.1, -0.05) is 36.4 Å². The van der Waals surface area contributed by atoms with Gasteiger partial charge in [0.1, 0.15) is 11.2 Å². The molecule has 0 radical (unpaired) electrons. The summed E-state index contributed by atoms with van der Waals surface area (Å²) < 4.78 is 7.82. The van der Waals surface area contributed by atoms with Crippen molar-refractivity contribution in [3.63, 3.8) is 0 Å². The Balaban J connectivity index is 1.20. The third kappa shape index (κ3) is 4.33. The average molecular weight is 410 g/mol. The smallest absolute Gasteiger partial charge is 0.251 e. The quantitative estimate of drug-likeness (QED) is 0.436. The van der Waals surface area contributed by atoms with Crippen LogP contribution in [0.1, 0.15) is 27.5 Å². The second-order valence-electron chi connectivity index (χ2n) is 7.48. The van der Waals surface area contributed by atoms with Gasteiger partial charge >= 0.3 is 0 Å². The van der Waals surface area contributed by atoms with Gasteiger partial charge < -0.3 is 14.1 Å². The van der Waals surface area contributed by atoms with Crippen molar-refractivity contribution in [2.75, 3.05) is 6.54 Å². The van der Waals surface area contributed by atoms with E-state index in [1.165, 1.54) is 5.56 Å². The van der Waals surface area contributed by atoms with Crippen LogP contribution < -0.4 is 5.32 Å².